The van der Waals surface area contributed by atoms with E-state index in [0.717, 1.165) is 36.7 Å². The fourth-order valence-electron chi connectivity index (χ4n) is 2.87. The molecule has 104 valence electrons. The summed E-state index contributed by atoms with van der Waals surface area (Å²) in [4.78, 5) is 2.72. The van der Waals surface area contributed by atoms with Gasteiger partial charge in [0.25, 0.3) is 0 Å². The maximum absolute atomic E-state index is 13.4. The van der Waals surface area contributed by atoms with E-state index >= 15 is 0 Å². The van der Waals surface area contributed by atoms with E-state index in [-0.39, 0.29) is 5.82 Å². The van der Waals surface area contributed by atoms with Gasteiger partial charge in [-0.05, 0) is 49.1 Å². The van der Waals surface area contributed by atoms with Crippen LogP contribution in [0, 0.1) is 11.7 Å². The molecule has 0 amide bonds. The summed E-state index contributed by atoms with van der Waals surface area (Å²) < 4.78 is 13.4. The van der Waals surface area contributed by atoms with Crippen LogP contribution in [0.5, 0.6) is 0 Å². The van der Waals surface area contributed by atoms with Crippen molar-refractivity contribution >= 4 is 17.2 Å². The number of halogens is 1. The van der Waals surface area contributed by atoms with Crippen LogP contribution in [0.4, 0.5) is 4.39 Å². The Morgan fingerprint density at radius 3 is 3.00 bits per heavy atom. The molecular formula is C15H21FN2S. The maximum atomic E-state index is 13.4. The van der Waals surface area contributed by atoms with Gasteiger partial charge in [0.2, 0.25) is 0 Å². The van der Waals surface area contributed by atoms with Crippen molar-refractivity contribution in [1.29, 1.82) is 0 Å². The summed E-state index contributed by atoms with van der Waals surface area (Å²) in [5.74, 6) is 0.561. The zero-order valence-electron chi connectivity index (χ0n) is 11.4. The van der Waals surface area contributed by atoms with Crippen LogP contribution in [0.1, 0.15) is 37.3 Å². The number of hydrogen-bond donors (Lipinski definition) is 1. The van der Waals surface area contributed by atoms with Crippen molar-refractivity contribution in [3.05, 3.63) is 35.1 Å². The molecule has 0 bridgehead atoms. The van der Waals surface area contributed by atoms with Crippen LogP contribution in [0.3, 0.4) is 0 Å². The molecule has 0 aromatic heterocycles. The minimum absolute atomic E-state index is 0.223. The van der Waals surface area contributed by atoms with Gasteiger partial charge in [-0.3, -0.25) is 4.90 Å². The highest BCUT2D eigenvalue weighted by atomic mass is 32.1. The second kappa shape index (κ2) is 6.44. The SMILES string of the molecule is CCCC1CCN(Cc2cc(F)ccc2C(N)=S)C1. The standard InChI is InChI=1S/C15H21FN2S/c1-2-3-11-6-7-18(9-11)10-12-8-13(16)4-5-14(12)15(17)19/h4-5,8,11H,2-3,6-7,9-10H2,1H3,(H2,17,19). The first-order chi connectivity index (χ1) is 9.10. The molecule has 1 aromatic rings. The lowest BCUT2D eigenvalue weighted by atomic mass is 10.0. The molecule has 0 saturated carbocycles. The predicted octanol–water partition coefficient (Wildman–Crippen LogP) is 3.08. The van der Waals surface area contributed by atoms with Crippen LogP contribution >= 0.6 is 12.2 Å². The van der Waals surface area contributed by atoms with Crippen LogP contribution in [0.15, 0.2) is 18.2 Å². The maximum Gasteiger partial charge on any atom is 0.123 e. The Labute approximate surface area is 119 Å². The van der Waals surface area contributed by atoms with Crippen molar-refractivity contribution in [2.24, 2.45) is 11.7 Å². The fraction of sp³-hybridized carbons (Fsp3) is 0.533. The van der Waals surface area contributed by atoms with Gasteiger partial charge in [0.15, 0.2) is 0 Å². The second-order valence-corrected chi connectivity index (χ2v) is 5.78. The zero-order chi connectivity index (χ0) is 13.8. The van der Waals surface area contributed by atoms with Crippen molar-refractivity contribution in [1.82, 2.24) is 4.90 Å². The average molecular weight is 280 g/mol. The van der Waals surface area contributed by atoms with Gasteiger partial charge in [-0.15, -0.1) is 0 Å². The molecule has 19 heavy (non-hydrogen) atoms. The molecule has 1 saturated heterocycles. The van der Waals surface area contributed by atoms with Gasteiger partial charge >= 0.3 is 0 Å². The molecule has 4 heteroatoms. The van der Waals surface area contributed by atoms with E-state index in [2.05, 4.69) is 11.8 Å². The zero-order valence-corrected chi connectivity index (χ0v) is 12.2. The quantitative estimate of drug-likeness (QED) is 0.841. The smallest absolute Gasteiger partial charge is 0.123 e. The van der Waals surface area contributed by atoms with Gasteiger partial charge in [-0.1, -0.05) is 25.6 Å². The fourth-order valence-corrected chi connectivity index (χ4v) is 3.07. The van der Waals surface area contributed by atoms with Gasteiger partial charge in [0.1, 0.15) is 10.8 Å². The monoisotopic (exact) mass is 280 g/mol. The van der Waals surface area contributed by atoms with Crippen molar-refractivity contribution < 1.29 is 4.39 Å². The Kier molecular flexibility index (Phi) is 4.88. The third-order valence-electron chi connectivity index (χ3n) is 3.79. The summed E-state index contributed by atoms with van der Waals surface area (Å²) in [7, 11) is 0. The van der Waals surface area contributed by atoms with E-state index in [1.165, 1.54) is 25.3 Å². The van der Waals surface area contributed by atoms with E-state index in [1.807, 2.05) is 0 Å². The lowest BCUT2D eigenvalue weighted by Crippen LogP contribution is -2.23. The molecule has 2 N–H and O–H groups in total. The first-order valence-electron chi connectivity index (χ1n) is 6.90. The van der Waals surface area contributed by atoms with Crippen molar-refractivity contribution in [2.75, 3.05) is 13.1 Å². The van der Waals surface area contributed by atoms with Crippen LogP contribution in [0.25, 0.3) is 0 Å². The highest BCUT2D eigenvalue weighted by molar-refractivity contribution is 7.80. The Morgan fingerprint density at radius 1 is 1.53 bits per heavy atom. The van der Waals surface area contributed by atoms with Crippen molar-refractivity contribution in [3.8, 4) is 0 Å². The number of hydrogen-bond acceptors (Lipinski definition) is 2. The van der Waals surface area contributed by atoms with Crippen molar-refractivity contribution in [3.63, 3.8) is 0 Å². The normalized spacial score (nSPS) is 19.8. The molecule has 1 aliphatic heterocycles. The number of benzene rings is 1. The molecule has 1 aliphatic rings. The van der Waals surface area contributed by atoms with Gasteiger partial charge in [-0.2, -0.15) is 0 Å². The molecule has 0 spiro atoms. The lowest BCUT2D eigenvalue weighted by molar-refractivity contribution is 0.312. The number of nitrogens with two attached hydrogens (primary N) is 1. The first-order valence-corrected chi connectivity index (χ1v) is 7.31. The Hall–Kier alpha value is -1.00. The third-order valence-corrected chi connectivity index (χ3v) is 4.01. The molecule has 2 nitrogen and oxygen atoms in total. The number of thiocarbonyl (C=S) groups is 1. The molecule has 0 aliphatic carbocycles. The van der Waals surface area contributed by atoms with Crippen LogP contribution in [0.2, 0.25) is 0 Å². The summed E-state index contributed by atoms with van der Waals surface area (Å²) >= 11 is 5.04. The third kappa shape index (κ3) is 3.74. The molecule has 1 heterocycles. The summed E-state index contributed by atoms with van der Waals surface area (Å²) in [5.41, 5.74) is 7.41. The van der Waals surface area contributed by atoms with Crippen LogP contribution in [-0.4, -0.2) is 23.0 Å². The summed E-state index contributed by atoms with van der Waals surface area (Å²) in [6.45, 7) is 5.14. The van der Waals surface area contributed by atoms with Crippen LogP contribution < -0.4 is 5.73 Å². The van der Waals surface area contributed by atoms with Crippen molar-refractivity contribution in [2.45, 2.75) is 32.7 Å². The molecule has 1 atom stereocenters. The average Bonchev–Trinajstić information content (AvgIpc) is 2.77. The predicted molar refractivity (Wildman–Crippen MR) is 80.6 cm³/mol. The van der Waals surface area contributed by atoms with Gasteiger partial charge < -0.3 is 5.73 Å². The second-order valence-electron chi connectivity index (χ2n) is 5.34. The molecule has 1 aromatic carbocycles. The lowest BCUT2D eigenvalue weighted by Gasteiger charge is -2.18. The summed E-state index contributed by atoms with van der Waals surface area (Å²) in [5, 5.41) is 0. The Bertz CT molecular complexity index is 461. The largest absolute Gasteiger partial charge is 0.389 e. The molecule has 0 radical (unpaired) electrons. The van der Waals surface area contributed by atoms with Gasteiger partial charge in [-0.25, -0.2) is 4.39 Å². The topological polar surface area (TPSA) is 29.3 Å². The van der Waals surface area contributed by atoms with E-state index in [0.29, 0.717) is 4.99 Å². The van der Waals surface area contributed by atoms with Gasteiger partial charge in [0.05, 0.1) is 0 Å². The molecular weight excluding hydrogens is 259 g/mol. The van der Waals surface area contributed by atoms with Crippen LogP contribution in [-0.2, 0) is 6.54 Å². The molecule has 2 rings (SSSR count). The summed E-state index contributed by atoms with van der Waals surface area (Å²) in [6, 6.07) is 4.66. The van der Waals surface area contributed by atoms with E-state index in [9.17, 15) is 4.39 Å². The number of rotatable bonds is 5. The molecule has 1 unspecified atom stereocenters. The van der Waals surface area contributed by atoms with E-state index < -0.39 is 0 Å². The highest BCUT2D eigenvalue weighted by Crippen LogP contribution is 2.23. The van der Waals surface area contributed by atoms with E-state index in [1.54, 1.807) is 12.1 Å². The summed E-state index contributed by atoms with van der Waals surface area (Å²) in [6.07, 6.45) is 3.75. The first kappa shape index (κ1) is 14.4. The minimum Gasteiger partial charge on any atom is -0.389 e. The highest BCUT2D eigenvalue weighted by Gasteiger charge is 2.22. The van der Waals surface area contributed by atoms with Gasteiger partial charge in [0, 0.05) is 18.7 Å². The van der Waals surface area contributed by atoms with E-state index in [4.69, 9.17) is 18.0 Å². The Morgan fingerprint density at radius 2 is 2.32 bits per heavy atom. The Balaban J connectivity index is 2.07. The molecule has 1 fully saturated rings. The minimum atomic E-state index is -0.223. The number of likely N-dealkylation sites (tertiary alicyclic amines) is 1. The number of nitrogens with zero attached hydrogens (tertiary/aromatic N) is 1.